The molecule has 1 atom stereocenters. The van der Waals surface area contributed by atoms with Crippen molar-refractivity contribution in [3.8, 4) is 0 Å². The number of carbonyl (C=O) groups excluding carboxylic acids is 1. The molecule has 1 amide bonds. The van der Waals surface area contributed by atoms with E-state index >= 15 is 0 Å². The second-order valence-electron chi connectivity index (χ2n) is 10.7. The summed E-state index contributed by atoms with van der Waals surface area (Å²) in [6, 6.07) is 21.4. The lowest BCUT2D eigenvalue weighted by atomic mass is 9.93. The highest BCUT2D eigenvalue weighted by Gasteiger charge is 2.25. The fourth-order valence-corrected chi connectivity index (χ4v) is 5.00. The van der Waals surface area contributed by atoms with Gasteiger partial charge < -0.3 is 30.5 Å². The third-order valence-electron chi connectivity index (χ3n) is 7.49. The number of aromatic nitrogens is 3. The Kier molecular flexibility index (Phi) is 10.7. The van der Waals surface area contributed by atoms with E-state index in [0.717, 1.165) is 40.9 Å². The van der Waals surface area contributed by atoms with Gasteiger partial charge in [-0.25, -0.2) is 19.4 Å². The van der Waals surface area contributed by atoms with Crippen molar-refractivity contribution in [1.29, 1.82) is 0 Å². The summed E-state index contributed by atoms with van der Waals surface area (Å²) in [5.41, 5.74) is 3.03. The number of carboxylic acid groups (broad SMARTS) is 1. The van der Waals surface area contributed by atoms with Gasteiger partial charge >= 0.3 is 17.8 Å². The van der Waals surface area contributed by atoms with E-state index in [1.165, 1.54) is 4.57 Å². The van der Waals surface area contributed by atoms with Gasteiger partial charge in [0.25, 0.3) is 0 Å². The number of anilines is 2. The molecule has 3 heterocycles. The zero-order chi connectivity index (χ0) is 31.4. The van der Waals surface area contributed by atoms with Gasteiger partial charge in [-0.3, -0.25) is 4.57 Å². The van der Waals surface area contributed by atoms with Crippen LogP contribution in [0.15, 0.2) is 90.0 Å². The standard InChI is InChI=1S/C33H36N6O6/c40-31(41)28(37-33(43)45-22-25-6-2-1-3-7-25)21-39-20-27(26-13-16-44-17-14-26)30(38-32(39)42)36-19-24-11-9-23(10-12-24)18-35-29-8-4-5-15-34-29/h1-12,15,20,26,28H,13-14,16-19,21-22H2,(H,34,35)(H,37,43)(H,40,41)(H,36,38,42)/t28-/m0/s1. The summed E-state index contributed by atoms with van der Waals surface area (Å²) in [6.45, 7) is 1.89. The molecule has 45 heavy (non-hydrogen) atoms. The van der Waals surface area contributed by atoms with Crippen molar-refractivity contribution in [3.05, 3.63) is 118 Å². The van der Waals surface area contributed by atoms with Crippen molar-refractivity contribution in [2.75, 3.05) is 23.8 Å². The third-order valence-corrected chi connectivity index (χ3v) is 7.49. The van der Waals surface area contributed by atoms with Crippen molar-refractivity contribution in [3.63, 3.8) is 0 Å². The number of pyridine rings is 1. The van der Waals surface area contributed by atoms with Gasteiger partial charge in [-0.1, -0.05) is 60.7 Å². The van der Waals surface area contributed by atoms with Crippen LogP contribution in [-0.2, 0) is 40.5 Å². The number of amides is 1. The number of aliphatic carboxylic acids is 1. The summed E-state index contributed by atoms with van der Waals surface area (Å²) in [4.78, 5) is 46.1. The van der Waals surface area contributed by atoms with Crippen LogP contribution < -0.4 is 21.6 Å². The van der Waals surface area contributed by atoms with E-state index in [1.54, 1.807) is 24.5 Å². The van der Waals surface area contributed by atoms with Crippen LogP contribution in [0.1, 0.15) is 41.0 Å². The lowest BCUT2D eigenvalue weighted by Gasteiger charge is -2.25. The van der Waals surface area contributed by atoms with Crippen LogP contribution in [0.3, 0.4) is 0 Å². The lowest BCUT2D eigenvalue weighted by Crippen LogP contribution is -2.45. The topological polar surface area (TPSA) is 157 Å². The van der Waals surface area contributed by atoms with Crippen molar-refractivity contribution < 1.29 is 24.2 Å². The van der Waals surface area contributed by atoms with Crippen molar-refractivity contribution >= 4 is 23.7 Å². The van der Waals surface area contributed by atoms with E-state index in [9.17, 15) is 19.5 Å². The zero-order valence-corrected chi connectivity index (χ0v) is 24.7. The molecule has 0 radical (unpaired) electrons. The van der Waals surface area contributed by atoms with Crippen LogP contribution in [0.4, 0.5) is 16.4 Å². The molecule has 1 saturated heterocycles. The Hall–Kier alpha value is -5.23. The number of alkyl carbamates (subject to hydrolysis) is 1. The lowest BCUT2D eigenvalue weighted by molar-refractivity contribution is -0.139. The highest BCUT2D eigenvalue weighted by atomic mass is 16.5. The highest BCUT2D eigenvalue weighted by Crippen LogP contribution is 2.30. The van der Waals surface area contributed by atoms with E-state index in [-0.39, 0.29) is 19.1 Å². The summed E-state index contributed by atoms with van der Waals surface area (Å²) >= 11 is 0. The molecule has 12 heteroatoms. The molecular weight excluding hydrogens is 576 g/mol. The Morgan fingerprint density at radius 3 is 2.29 bits per heavy atom. The summed E-state index contributed by atoms with van der Waals surface area (Å²) in [5, 5.41) is 18.8. The molecule has 0 aliphatic carbocycles. The molecule has 0 saturated carbocycles. The van der Waals surface area contributed by atoms with Gasteiger partial charge in [0.1, 0.15) is 24.3 Å². The number of carboxylic acids is 1. The molecule has 2 aromatic heterocycles. The Balaban J connectivity index is 1.25. The minimum Gasteiger partial charge on any atom is -0.480 e. The first-order valence-corrected chi connectivity index (χ1v) is 14.8. The van der Waals surface area contributed by atoms with Crippen LogP contribution in [-0.4, -0.2) is 51.0 Å². The first-order chi connectivity index (χ1) is 21.9. The molecule has 2 aromatic carbocycles. The van der Waals surface area contributed by atoms with Crippen LogP contribution in [0.2, 0.25) is 0 Å². The van der Waals surface area contributed by atoms with Gasteiger partial charge in [-0.15, -0.1) is 0 Å². The highest BCUT2D eigenvalue weighted by molar-refractivity contribution is 5.79. The number of hydrogen-bond acceptors (Lipinski definition) is 9. The molecule has 4 aromatic rings. The molecule has 0 bridgehead atoms. The fourth-order valence-electron chi connectivity index (χ4n) is 5.00. The first-order valence-electron chi connectivity index (χ1n) is 14.8. The van der Waals surface area contributed by atoms with Gasteiger partial charge in [-0.2, -0.15) is 4.98 Å². The molecule has 234 valence electrons. The smallest absolute Gasteiger partial charge is 0.408 e. The van der Waals surface area contributed by atoms with Crippen molar-refractivity contribution in [1.82, 2.24) is 19.9 Å². The predicted molar refractivity (Wildman–Crippen MR) is 168 cm³/mol. The molecule has 0 unspecified atom stereocenters. The average molecular weight is 613 g/mol. The quantitative estimate of drug-likeness (QED) is 0.173. The van der Waals surface area contributed by atoms with E-state index < -0.39 is 23.8 Å². The van der Waals surface area contributed by atoms with Crippen LogP contribution >= 0.6 is 0 Å². The van der Waals surface area contributed by atoms with Crippen molar-refractivity contribution in [2.45, 2.75) is 51.0 Å². The molecule has 1 aliphatic rings. The van der Waals surface area contributed by atoms with Crippen LogP contribution in [0.25, 0.3) is 0 Å². The Bertz CT molecular complexity index is 1610. The number of carbonyl (C=O) groups is 2. The minimum absolute atomic E-state index is 0.0143. The number of nitrogens with one attached hydrogen (secondary N) is 3. The monoisotopic (exact) mass is 612 g/mol. The maximum atomic E-state index is 13.1. The molecule has 1 fully saturated rings. The average Bonchev–Trinajstić information content (AvgIpc) is 3.07. The SMILES string of the molecule is O=C(N[C@@H](Cn1cc(C2CCOCC2)c(NCc2ccc(CNc3ccccn3)cc2)nc1=O)C(=O)O)OCc1ccccc1. The van der Waals surface area contributed by atoms with E-state index in [4.69, 9.17) is 9.47 Å². The van der Waals surface area contributed by atoms with E-state index in [0.29, 0.717) is 32.1 Å². The third kappa shape index (κ3) is 9.13. The Morgan fingerprint density at radius 1 is 0.933 bits per heavy atom. The van der Waals surface area contributed by atoms with Crippen LogP contribution in [0.5, 0.6) is 0 Å². The fraction of sp³-hybridized carbons (Fsp3) is 0.303. The van der Waals surface area contributed by atoms with Gasteiger partial charge in [0.05, 0.1) is 6.54 Å². The number of hydrogen-bond donors (Lipinski definition) is 4. The molecule has 0 spiro atoms. The van der Waals surface area contributed by atoms with E-state index in [2.05, 4.69) is 25.9 Å². The van der Waals surface area contributed by atoms with Gasteiger partial charge in [0, 0.05) is 44.3 Å². The first kappa shape index (κ1) is 31.2. The summed E-state index contributed by atoms with van der Waals surface area (Å²) in [5.74, 6) is 0.0177. The molecular formula is C33H36N6O6. The van der Waals surface area contributed by atoms with Gasteiger partial charge in [0.15, 0.2) is 0 Å². The number of benzene rings is 2. The maximum Gasteiger partial charge on any atom is 0.408 e. The predicted octanol–water partition coefficient (Wildman–Crippen LogP) is 4.14. The Labute approximate surface area is 260 Å². The molecule has 4 N–H and O–H groups in total. The summed E-state index contributed by atoms with van der Waals surface area (Å²) in [6.07, 6.45) is 3.96. The minimum atomic E-state index is -1.40. The molecule has 5 rings (SSSR count). The number of ether oxygens (including phenoxy) is 2. The van der Waals surface area contributed by atoms with Crippen molar-refractivity contribution in [2.24, 2.45) is 0 Å². The normalized spacial score (nSPS) is 13.9. The summed E-state index contributed by atoms with van der Waals surface area (Å²) in [7, 11) is 0. The molecule has 12 nitrogen and oxygen atoms in total. The zero-order valence-electron chi connectivity index (χ0n) is 24.7. The Morgan fingerprint density at radius 2 is 1.62 bits per heavy atom. The second-order valence-corrected chi connectivity index (χ2v) is 10.7. The van der Waals surface area contributed by atoms with Gasteiger partial charge in [-0.05, 0) is 47.6 Å². The summed E-state index contributed by atoms with van der Waals surface area (Å²) < 4.78 is 12.0. The second kappa shape index (κ2) is 15.5. The largest absolute Gasteiger partial charge is 0.480 e. The van der Waals surface area contributed by atoms with E-state index in [1.807, 2.05) is 60.7 Å². The number of nitrogens with zero attached hydrogens (tertiary/aromatic N) is 3. The van der Waals surface area contributed by atoms with Crippen LogP contribution in [0, 0.1) is 0 Å². The van der Waals surface area contributed by atoms with Gasteiger partial charge in [0.2, 0.25) is 0 Å². The molecule has 1 aliphatic heterocycles. The maximum absolute atomic E-state index is 13.1. The number of rotatable bonds is 13.